The second-order valence-electron chi connectivity index (χ2n) is 7.29. The number of rotatable bonds is 9. The molecular weight excluding hydrogens is 403 g/mol. The Bertz CT molecular complexity index is 998. The number of imide groups is 1. The second kappa shape index (κ2) is 9.58. The van der Waals surface area contributed by atoms with Gasteiger partial charge in [-0.1, -0.05) is 24.1 Å². The van der Waals surface area contributed by atoms with Crippen molar-refractivity contribution in [1.29, 1.82) is 0 Å². The van der Waals surface area contributed by atoms with Gasteiger partial charge in [0.2, 0.25) is 17.7 Å². The lowest BCUT2D eigenvalue weighted by molar-refractivity contribution is -0.143. The fourth-order valence-electron chi connectivity index (χ4n) is 3.81. The zero-order valence-corrected chi connectivity index (χ0v) is 17.2. The van der Waals surface area contributed by atoms with E-state index in [9.17, 15) is 18.8 Å². The topological polar surface area (TPSA) is 80.1 Å². The molecule has 2 heterocycles. The molecule has 0 spiro atoms. The number of halogens is 1. The van der Waals surface area contributed by atoms with Crippen LogP contribution in [0.25, 0.3) is 0 Å². The van der Waals surface area contributed by atoms with E-state index in [-0.39, 0.29) is 38.2 Å². The van der Waals surface area contributed by atoms with Crippen molar-refractivity contribution in [1.82, 2.24) is 9.80 Å². The van der Waals surface area contributed by atoms with Gasteiger partial charge in [-0.3, -0.25) is 19.3 Å². The summed E-state index contributed by atoms with van der Waals surface area (Å²) in [5, 5.41) is 0. The average Bonchev–Trinajstić information content (AvgIpc) is 3.34. The van der Waals surface area contributed by atoms with Crippen molar-refractivity contribution < 1.29 is 27.9 Å². The van der Waals surface area contributed by atoms with Crippen molar-refractivity contribution in [3.63, 3.8) is 0 Å². The largest absolute Gasteiger partial charge is 0.467 e. The molecule has 1 saturated heterocycles. The lowest BCUT2D eigenvalue weighted by Gasteiger charge is -2.30. The van der Waals surface area contributed by atoms with Crippen LogP contribution in [-0.2, 0) is 31.1 Å². The number of amides is 3. The first-order valence-corrected chi connectivity index (χ1v) is 9.75. The molecule has 0 unspecified atom stereocenters. The maximum absolute atomic E-state index is 14.8. The normalized spacial score (nSPS) is 18.3. The minimum absolute atomic E-state index is 0.0141. The standard InChI is InChI=1S/C23H23FN2O5/c1-3-10-25(16-17-7-6-12-31-17)20(27)14-23(18-8-4-5-9-19(18)24)15-21(28)26(22(23)29)11-13-30-2/h1,4-9,12H,10-11,13-16H2,2H3/t23-/m0/s1. The van der Waals surface area contributed by atoms with Gasteiger partial charge in [0.25, 0.3) is 0 Å². The van der Waals surface area contributed by atoms with Crippen molar-refractivity contribution in [2.75, 3.05) is 26.8 Å². The number of nitrogens with zero attached hydrogens (tertiary/aromatic N) is 2. The van der Waals surface area contributed by atoms with Gasteiger partial charge in [0.15, 0.2) is 0 Å². The molecule has 1 aromatic carbocycles. The Morgan fingerprint density at radius 3 is 2.74 bits per heavy atom. The maximum Gasteiger partial charge on any atom is 0.241 e. The molecule has 1 aliphatic heterocycles. The maximum atomic E-state index is 14.8. The zero-order valence-electron chi connectivity index (χ0n) is 17.2. The Morgan fingerprint density at radius 1 is 1.32 bits per heavy atom. The number of likely N-dealkylation sites (tertiary alicyclic amines) is 1. The summed E-state index contributed by atoms with van der Waals surface area (Å²) in [7, 11) is 1.45. The van der Waals surface area contributed by atoms with Crippen LogP contribution in [0.2, 0.25) is 0 Å². The van der Waals surface area contributed by atoms with Crippen LogP contribution in [0.15, 0.2) is 47.1 Å². The van der Waals surface area contributed by atoms with Crippen LogP contribution >= 0.6 is 0 Å². The summed E-state index contributed by atoms with van der Waals surface area (Å²) in [6.07, 6.45) is 6.18. The molecule has 162 valence electrons. The average molecular weight is 426 g/mol. The van der Waals surface area contributed by atoms with Gasteiger partial charge in [0.1, 0.15) is 11.6 Å². The molecule has 0 bridgehead atoms. The number of furan rings is 1. The molecule has 3 rings (SSSR count). The number of terminal acetylenes is 1. The molecule has 1 aliphatic rings. The van der Waals surface area contributed by atoms with Crippen molar-refractivity contribution in [2.45, 2.75) is 24.8 Å². The third-order valence-corrected chi connectivity index (χ3v) is 5.33. The number of benzene rings is 1. The van der Waals surface area contributed by atoms with E-state index in [2.05, 4.69) is 5.92 Å². The number of carbonyl (C=O) groups excluding carboxylic acids is 3. The van der Waals surface area contributed by atoms with Crippen molar-refractivity contribution in [3.8, 4) is 12.3 Å². The van der Waals surface area contributed by atoms with E-state index in [1.807, 2.05) is 0 Å². The highest BCUT2D eigenvalue weighted by molar-refractivity contribution is 6.10. The minimum atomic E-state index is -1.65. The van der Waals surface area contributed by atoms with Gasteiger partial charge >= 0.3 is 0 Å². The molecule has 1 fully saturated rings. The lowest BCUT2D eigenvalue weighted by Crippen LogP contribution is -2.44. The summed E-state index contributed by atoms with van der Waals surface area (Å²) in [6, 6.07) is 9.08. The van der Waals surface area contributed by atoms with Crippen LogP contribution in [0.3, 0.4) is 0 Å². The first kappa shape index (κ1) is 22.2. The van der Waals surface area contributed by atoms with E-state index in [0.717, 1.165) is 4.90 Å². The van der Waals surface area contributed by atoms with E-state index in [0.29, 0.717) is 5.76 Å². The Kier molecular flexibility index (Phi) is 6.88. The number of methoxy groups -OCH3 is 1. The van der Waals surface area contributed by atoms with Crippen LogP contribution in [0, 0.1) is 18.2 Å². The monoisotopic (exact) mass is 426 g/mol. The molecule has 0 aliphatic carbocycles. The number of hydrogen-bond acceptors (Lipinski definition) is 5. The smallest absolute Gasteiger partial charge is 0.241 e. The van der Waals surface area contributed by atoms with Crippen molar-refractivity contribution in [2.24, 2.45) is 0 Å². The summed E-state index contributed by atoms with van der Waals surface area (Å²) in [4.78, 5) is 41.7. The van der Waals surface area contributed by atoms with E-state index >= 15 is 0 Å². The lowest BCUT2D eigenvalue weighted by atomic mass is 9.75. The van der Waals surface area contributed by atoms with Gasteiger partial charge in [0, 0.05) is 25.5 Å². The molecule has 7 nitrogen and oxygen atoms in total. The predicted octanol–water partition coefficient (Wildman–Crippen LogP) is 2.11. The third-order valence-electron chi connectivity index (χ3n) is 5.33. The van der Waals surface area contributed by atoms with Crippen LogP contribution in [-0.4, -0.2) is 54.3 Å². The van der Waals surface area contributed by atoms with Crippen LogP contribution in [0.5, 0.6) is 0 Å². The van der Waals surface area contributed by atoms with E-state index < -0.39 is 35.4 Å². The van der Waals surface area contributed by atoms with Crippen molar-refractivity contribution in [3.05, 3.63) is 59.8 Å². The molecule has 1 atom stereocenters. The Balaban J connectivity index is 1.97. The first-order chi connectivity index (χ1) is 14.9. The quantitative estimate of drug-likeness (QED) is 0.453. The fourth-order valence-corrected chi connectivity index (χ4v) is 3.81. The van der Waals surface area contributed by atoms with Gasteiger partial charge < -0.3 is 14.1 Å². The molecule has 1 aromatic heterocycles. The fraction of sp³-hybridized carbons (Fsp3) is 0.348. The predicted molar refractivity (Wildman–Crippen MR) is 109 cm³/mol. The molecule has 3 amide bonds. The Morgan fingerprint density at radius 2 is 2.10 bits per heavy atom. The third kappa shape index (κ3) is 4.52. The number of carbonyl (C=O) groups is 3. The summed E-state index contributed by atoms with van der Waals surface area (Å²) >= 11 is 0. The summed E-state index contributed by atoms with van der Waals surface area (Å²) < 4.78 is 25.1. The van der Waals surface area contributed by atoms with Crippen LogP contribution in [0.1, 0.15) is 24.2 Å². The Labute approximate surface area is 179 Å². The first-order valence-electron chi connectivity index (χ1n) is 9.75. The highest BCUT2D eigenvalue weighted by Gasteiger charge is 2.55. The van der Waals surface area contributed by atoms with Gasteiger partial charge in [-0.15, -0.1) is 6.42 Å². The van der Waals surface area contributed by atoms with E-state index in [4.69, 9.17) is 15.6 Å². The minimum Gasteiger partial charge on any atom is -0.467 e. The Hall–Kier alpha value is -3.44. The van der Waals surface area contributed by atoms with Crippen LogP contribution in [0.4, 0.5) is 4.39 Å². The number of hydrogen-bond donors (Lipinski definition) is 0. The SMILES string of the molecule is C#CCN(Cc1ccco1)C(=O)C[C@@]1(c2ccccc2F)CC(=O)N(CCOC)C1=O. The molecule has 8 heteroatoms. The van der Waals surface area contributed by atoms with Gasteiger partial charge in [-0.05, 0) is 18.2 Å². The summed E-state index contributed by atoms with van der Waals surface area (Å²) in [5.74, 6) is 0.700. The molecule has 31 heavy (non-hydrogen) atoms. The van der Waals surface area contributed by atoms with Gasteiger partial charge in [0.05, 0.1) is 37.9 Å². The highest BCUT2D eigenvalue weighted by atomic mass is 19.1. The zero-order chi connectivity index (χ0) is 22.4. The van der Waals surface area contributed by atoms with Gasteiger partial charge in [-0.2, -0.15) is 0 Å². The summed E-state index contributed by atoms with van der Waals surface area (Å²) in [6.45, 7) is 0.237. The van der Waals surface area contributed by atoms with E-state index in [1.54, 1.807) is 18.2 Å². The molecule has 0 radical (unpaired) electrons. The summed E-state index contributed by atoms with van der Waals surface area (Å²) in [5.41, 5.74) is -1.64. The molecular formula is C23H23FN2O5. The highest BCUT2D eigenvalue weighted by Crippen LogP contribution is 2.41. The van der Waals surface area contributed by atoms with Gasteiger partial charge in [-0.25, -0.2) is 4.39 Å². The molecule has 0 saturated carbocycles. The van der Waals surface area contributed by atoms with Crippen LogP contribution < -0.4 is 0 Å². The van der Waals surface area contributed by atoms with E-state index in [1.165, 1.54) is 36.5 Å². The number of ether oxygens (including phenoxy) is 1. The molecule has 0 N–H and O–H groups in total. The second-order valence-corrected chi connectivity index (χ2v) is 7.29. The molecule has 2 aromatic rings. The van der Waals surface area contributed by atoms with Crippen molar-refractivity contribution >= 4 is 17.7 Å².